The van der Waals surface area contributed by atoms with E-state index in [2.05, 4.69) is 23.5 Å². The second-order valence-corrected chi connectivity index (χ2v) is 5.95. The Morgan fingerprint density at radius 1 is 1.14 bits per heavy atom. The summed E-state index contributed by atoms with van der Waals surface area (Å²) < 4.78 is 0. The first-order valence-corrected chi connectivity index (χ1v) is 7.92. The Morgan fingerprint density at radius 3 is 2.68 bits per heavy atom. The molecule has 0 aliphatic heterocycles. The van der Waals surface area contributed by atoms with E-state index in [1.165, 1.54) is 11.1 Å². The summed E-state index contributed by atoms with van der Waals surface area (Å²) in [7, 11) is 0. The number of hydrogen-bond donors (Lipinski definition) is 2. The van der Waals surface area contributed by atoms with Crippen LogP contribution >= 0.6 is 0 Å². The van der Waals surface area contributed by atoms with Crippen molar-refractivity contribution in [1.29, 1.82) is 0 Å². The lowest BCUT2D eigenvalue weighted by Crippen LogP contribution is -2.44. The largest absolute Gasteiger partial charge is 0.348 e. The summed E-state index contributed by atoms with van der Waals surface area (Å²) in [5.74, 6) is -0.0643. The molecule has 0 bridgehead atoms. The molecule has 0 saturated carbocycles. The molecule has 114 valence electrons. The molecule has 0 aromatic heterocycles. The first-order valence-electron chi connectivity index (χ1n) is 7.92. The van der Waals surface area contributed by atoms with Crippen LogP contribution in [0, 0.1) is 0 Å². The fraction of sp³-hybridized carbons (Fsp3) is 0.316. The monoisotopic (exact) mass is 294 g/mol. The highest BCUT2D eigenvalue weighted by atomic mass is 16.2. The van der Waals surface area contributed by atoms with Gasteiger partial charge in [0.1, 0.15) is 0 Å². The number of nitrogens with two attached hydrogens (primary N) is 1. The molecule has 0 saturated heterocycles. The Hall–Kier alpha value is -2.13. The summed E-state index contributed by atoms with van der Waals surface area (Å²) in [5, 5.41) is 3.13. The van der Waals surface area contributed by atoms with Gasteiger partial charge in [0.2, 0.25) is 5.91 Å². The number of hydrogen-bond acceptors (Lipinski definition) is 2. The Kier molecular flexibility index (Phi) is 4.54. The molecule has 2 aromatic carbocycles. The maximum atomic E-state index is 12.4. The van der Waals surface area contributed by atoms with Crippen LogP contribution in [0.2, 0.25) is 0 Å². The van der Waals surface area contributed by atoms with E-state index in [4.69, 9.17) is 5.73 Å². The minimum absolute atomic E-state index is 0.0643. The van der Waals surface area contributed by atoms with Crippen molar-refractivity contribution in [3.05, 3.63) is 71.3 Å². The van der Waals surface area contributed by atoms with Crippen LogP contribution in [0.5, 0.6) is 0 Å². The van der Waals surface area contributed by atoms with E-state index in [9.17, 15) is 4.79 Å². The third kappa shape index (κ3) is 3.37. The lowest BCUT2D eigenvalue weighted by Gasteiger charge is -2.27. The number of carbonyl (C=O) groups is 1. The number of rotatable bonds is 4. The van der Waals surface area contributed by atoms with E-state index in [0.717, 1.165) is 24.8 Å². The molecule has 1 aliphatic carbocycles. The molecule has 1 unspecified atom stereocenters. The summed E-state index contributed by atoms with van der Waals surface area (Å²) >= 11 is 0. The molecule has 2 aromatic rings. The van der Waals surface area contributed by atoms with Gasteiger partial charge in [0, 0.05) is 0 Å². The van der Waals surface area contributed by atoms with Gasteiger partial charge < -0.3 is 11.1 Å². The molecule has 1 amide bonds. The molecule has 3 nitrogen and oxygen atoms in total. The minimum Gasteiger partial charge on any atom is -0.348 e. The highest BCUT2D eigenvalue weighted by Crippen LogP contribution is 2.29. The second-order valence-electron chi connectivity index (χ2n) is 5.95. The predicted molar refractivity (Wildman–Crippen MR) is 88.4 cm³/mol. The highest BCUT2D eigenvalue weighted by Gasteiger charge is 2.23. The zero-order valence-corrected chi connectivity index (χ0v) is 12.7. The van der Waals surface area contributed by atoms with Gasteiger partial charge in [-0.3, -0.25) is 4.79 Å². The van der Waals surface area contributed by atoms with Crippen LogP contribution in [0.3, 0.4) is 0 Å². The number of nitrogens with one attached hydrogen (secondary N) is 1. The van der Waals surface area contributed by atoms with E-state index in [1.54, 1.807) is 0 Å². The van der Waals surface area contributed by atoms with Crippen molar-refractivity contribution in [2.24, 2.45) is 5.73 Å². The van der Waals surface area contributed by atoms with Crippen LogP contribution in [0.25, 0.3) is 0 Å². The van der Waals surface area contributed by atoms with E-state index in [1.807, 2.05) is 36.4 Å². The fourth-order valence-corrected chi connectivity index (χ4v) is 3.14. The number of benzene rings is 2. The highest BCUT2D eigenvalue weighted by molar-refractivity contribution is 5.82. The van der Waals surface area contributed by atoms with Crippen LogP contribution in [0.1, 0.15) is 35.6 Å². The molecular weight excluding hydrogens is 272 g/mol. The van der Waals surface area contributed by atoms with Crippen molar-refractivity contribution in [2.75, 3.05) is 0 Å². The number of amides is 1. The van der Waals surface area contributed by atoms with Gasteiger partial charge in [0.15, 0.2) is 0 Å². The van der Waals surface area contributed by atoms with Crippen LogP contribution in [0.4, 0.5) is 0 Å². The number of carbonyl (C=O) groups excluding carboxylic acids is 1. The molecule has 1 aliphatic rings. The van der Waals surface area contributed by atoms with Crippen molar-refractivity contribution in [2.45, 2.75) is 37.8 Å². The lowest BCUT2D eigenvalue weighted by atomic mass is 9.87. The van der Waals surface area contributed by atoms with Crippen molar-refractivity contribution < 1.29 is 4.79 Å². The quantitative estimate of drug-likeness (QED) is 0.911. The maximum Gasteiger partial charge on any atom is 0.237 e. The van der Waals surface area contributed by atoms with Crippen molar-refractivity contribution in [3.63, 3.8) is 0 Å². The van der Waals surface area contributed by atoms with E-state index < -0.39 is 6.04 Å². The van der Waals surface area contributed by atoms with Crippen LogP contribution in [-0.2, 0) is 17.6 Å². The van der Waals surface area contributed by atoms with Crippen molar-refractivity contribution in [1.82, 2.24) is 5.32 Å². The van der Waals surface area contributed by atoms with Gasteiger partial charge in [0.05, 0.1) is 12.1 Å². The molecule has 3 rings (SSSR count). The molecule has 3 heteroatoms. The summed E-state index contributed by atoms with van der Waals surface area (Å²) in [6.45, 7) is 0. The SMILES string of the molecule is NC(Cc1ccccc1)C(=O)N[C@@H]1CCCc2ccccc21. The lowest BCUT2D eigenvalue weighted by molar-refractivity contribution is -0.123. The Bertz CT molecular complexity index is 639. The second kappa shape index (κ2) is 6.75. The Morgan fingerprint density at radius 2 is 1.86 bits per heavy atom. The Labute approximate surface area is 131 Å². The van der Waals surface area contributed by atoms with Crippen LogP contribution in [-0.4, -0.2) is 11.9 Å². The smallest absolute Gasteiger partial charge is 0.237 e. The minimum atomic E-state index is -0.503. The van der Waals surface area contributed by atoms with Gasteiger partial charge >= 0.3 is 0 Å². The summed E-state index contributed by atoms with van der Waals surface area (Å²) in [6, 6.07) is 17.9. The standard InChI is InChI=1S/C19H22N2O/c20-17(13-14-7-2-1-3-8-14)19(22)21-18-12-6-10-15-9-4-5-11-16(15)18/h1-5,7-9,11,17-18H,6,10,12-13,20H2,(H,21,22)/t17?,18-/m1/s1. The third-order valence-corrected chi connectivity index (χ3v) is 4.32. The summed E-state index contributed by atoms with van der Waals surface area (Å²) in [5.41, 5.74) is 9.75. The fourth-order valence-electron chi connectivity index (χ4n) is 3.14. The predicted octanol–water partition coefficient (Wildman–Crippen LogP) is 2.75. The van der Waals surface area contributed by atoms with Crippen molar-refractivity contribution in [3.8, 4) is 0 Å². The van der Waals surface area contributed by atoms with Gasteiger partial charge in [0.25, 0.3) is 0 Å². The van der Waals surface area contributed by atoms with Gasteiger partial charge in [-0.1, -0.05) is 54.6 Å². The summed E-state index contributed by atoms with van der Waals surface area (Å²) in [4.78, 5) is 12.4. The molecule has 0 heterocycles. The number of fused-ring (bicyclic) bond motifs is 1. The first kappa shape index (κ1) is 14.8. The maximum absolute atomic E-state index is 12.4. The number of aryl methyl sites for hydroxylation is 1. The average Bonchev–Trinajstić information content (AvgIpc) is 2.56. The van der Waals surface area contributed by atoms with Gasteiger partial charge in [-0.25, -0.2) is 0 Å². The third-order valence-electron chi connectivity index (χ3n) is 4.32. The molecule has 0 fully saturated rings. The molecular formula is C19H22N2O. The van der Waals surface area contributed by atoms with E-state index >= 15 is 0 Å². The van der Waals surface area contributed by atoms with Crippen LogP contribution < -0.4 is 11.1 Å². The Balaban J connectivity index is 1.65. The van der Waals surface area contributed by atoms with E-state index in [-0.39, 0.29) is 11.9 Å². The average molecular weight is 294 g/mol. The zero-order valence-electron chi connectivity index (χ0n) is 12.7. The normalized spacial score (nSPS) is 18.3. The molecule has 22 heavy (non-hydrogen) atoms. The topological polar surface area (TPSA) is 55.1 Å². The van der Waals surface area contributed by atoms with Gasteiger partial charge in [-0.05, 0) is 42.4 Å². The molecule has 0 radical (unpaired) electrons. The van der Waals surface area contributed by atoms with E-state index in [0.29, 0.717) is 6.42 Å². The van der Waals surface area contributed by atoms with Crippen LogP contribution in [0.15, 0.2) is 54.6 Å². The zero-order chi connectivity index (χ0) is 15.4. The van der Waals surface area contributed by atoms with Crippen molar-refractivity contribution >= 4 is 5.91 Å². The summed E-state index contributed by atoms with van der Waals surface area (Å²) in [6.07, 6.45) is 3.76. The van der Waals surface area contributed by atoms with Gasteiger partial charge in [-0.2, -0.15) is 0 Å². The molecule has 3 N–H and O–H groups in total. The molecule has 2 atom stereocenters. The first-order chi connectivity index (χ1) is 10.7. The molecule has 0 spiro atoms. The van der Waals surface area contributed by atoms with Gasteiger partial charge in [-0.15, -0.1) is 0 Å².